The SMILES string of the molecule is COc1cccc(C2=CCN(c3nc(C)n(Cc4ccc(Br)s4)c(=O)n3)C[C@@H]2O)n1. The van der Waals surface area contributed by atoms with E-state index in [-0.39, 0.29) is 12.2 Å². The van der Waals surface area contributed by atoms with Gasteiger partial charge in [-0.3, -0.25) is 4.57 Å². The summed E-state index contributed by atoms with van der Waals surface area (Å²) in [6.07, 6.45) is 1.09. The maximum atomic E-state index is 12.6. The molecule has 30 heavy (non-hydrogen) atoms. The molecule has 156 valence electrons. The number of pyridine rings is 1. The van der Waals surface area contributed by atoms with Gasteiger partial charge in [0.25, 0.3) is 0 Å². The van der Waals surface area contributed by atoms with Crippen molar-refractivity contribution >= 4 is 38.8 Å². The number of aromatic nitrogens is 4. The minimum atomic E-state index is -0.784. The molecule has 0 radical (unpaired) electrons. The summed E-state index contributed by atoms with van der Waals surface area (Å²) in [7, 11) is 1.55. The molecule has 0 aromatic carbocycles. The van der Waals surface area contributed by atoms with Crippen molar-refractivity contribution in [2.45, 2.75) is 19.6 Å². The van der Waals surface area contributed by atoms with Crippen molar-refractivity contribution in [2.75, 3.05) is 25.1 Å². The van der Waals surface area contributed by atoms with E-state index in [4.69, 9.17) is 4.74 Å². The topological polar surface area (TPSA) is 93.4 Å². The summed E-state index contributed by atoms with van der Waals surface area (Å²) in [6.45, 7) is 2.95. The monoisotopic (exact) mass is 489 g/mol. The number of aliphatic hydroxyl groups is 1. The van der Waals surface area contributed by atoms with E-state index in [1.807, 2.05) is 30.3 Å². The first-order chi connectivity index (χ1) is 14.4. The lowest BCUT2D eigenvalue weighted by molar-refractivity contribution is 0.233. The standard InChI is InChI=1S/C20H20BrN5O3S/c1-12-22-19(24-20(28)26(12)10-13-6-7-17(21)30-13)25-9-8-14(16(27)11-25)15-4-3-5-18(23-15)29-2/h3-8,16,27H,9-11H2,1-2H3/t16-/m0/s1. The Balaban J connectivity index is 1.56. The van der Waals surface area contributed by atoms with Crippen LogP contribution in [-0.2, 0) is 6.54 Å². The zero-order chi connectivity index (χ0) is 21.3. The molecule has 0 amide bonds. The Morgan fingerprint density at radius 2 is 2.10 bits per heavy atom. The molecule has 0 fully saturated rings. The van der Waals surface area contributed by atoms with E-state index < -0.39 is 6.10 Å². The maximum absolute atomic E-state index is 12.6. The van der Waals surface area contributed by atoms with Crippen molar-refractivity contribution < 1.29 is 9.84 Å². The Hall–Kier alpha value is -2.56. The molecule has 0 aliphatic carbocycles. The van der Waals surface area contributed by atoms with E-state index in [9.17, 15) is 9.90 Å². The number of aryl methyl sites for hydroxylation is 1. The Bertz CT molecular complexity index is 1160. The van der Waals surface area contributed by atoms with Gasteiger partial charge in [0.1, 0.15) is 5.82 Å². The van der Waals surface area contributed by atoms with Gasteiger partial charge >= 0.3 is 5.69 Å². The second-order valence-electron chi connectivity index (χ2n) is 6.79. The second kappa shape index (κ2) is 8.66. The Kier molecular flexibility index (Phi) is 5.98. The summed E-state index contributed by atoms with van der Waals surface area (Å²) in [5.41, 5.74) is 1.02. The Morgan fingerprint density at radius 1 is 1.27 bits per heavy atom. The molecule has 4 heterocycles. The molecule has 1 atom stereocenters. The number of rotatable bonds is 5. The van der Waals surface area contributed by atoms with E-state index >= 15 is 0 Å². The number of anilines is 1. The number of aliphatic hydroxyl groups excluding tert-OH is 1. The van der Waals surface area contributed by atoms with Crippen molar-refractivity contribution in [3.63, 3.8) is 0 Å². The molecule has 0 bridgehead atoms. The number of thiophene rings is 1. The quantitative estimate of drug-likeness (QED) is 0.588. The van der Waals surface area contributed by atoms with Gasteiger partial charge in [-0.25, -0.2) is 9.78 Å². The summed E-state index contributed by atoms with van der Waals surface area (Å²) in [4.78, 5) is 28.5. The number of β-amino-alcohol motifs (C(OH)–C–C–N with tert-alkyl or cyclic N) is 1. The number of halogens is 1. The minimum Gasteiger partial charge on any atom is -0.481 e. The normalized spacial score (nSPS) is 16.5. The van der Waals surface area contributed by atoms with Crippen LogP contribution in [0.5, 0.6) is 5.88 Å². The lowest BCUT2D eigenvalue weighted by Crippen LogP contribution is -2.40. The van der Waals surface area contributed by atoms with Crippen LogP contribution in [0.1, 0.15) is 16.4 Å². The number of hydrogen-bond acceptors (Lipinski definition) is 8. The molecule has 1 aliphatic heterocycles. The first-order valence-electron chi connectivity index (χ1n) is 9.29. The molecule has 1 aliphatic rings. The van der Waals surface area contributed by atoms with Gasteiger partial charge in [-0.2, -0.15) is 9.97 Å². The van der Waals surface area contributed by atoms with Gasteiger partial charge < -0.3 is 14.7 Å². The van der Waals surface area contributed by atoms with Crippen LogP contribution in [0.25, 0.3) is 5.57 Å². The predicted molar refractivity (Wildman–Crippen MR) is 119 cm³/mol. The maximum Gasteiger partial charge on any atom is 0.352 e. The third-order valence-electron chi connectivity index (χ3n) is 4.82. The van der Waals surface area contributed by atoms with Gasteiger partial charge in [0.05, 0.1) is 35.8 Å². The molecule has 3 aromatic rings. The third-order valence-corrected chi connectivity index (χ3v) is 6.43. The number of hydrogen-bond donors (Lipinski definition) is 1. The highest BCUT2D eigenvalue weighted by Gasteiger charge is 2.25. The fourth-order valence-corrected chi connectivity index (χ4v) is 4.76. The highest BCUT2D eigenvalue weighted by molar-refractivity contribution is 9.11. The van der Waals surface area contributed by atoms with Crippen LogP contribution in [0.15, 0.2) is 45.0 Å². The zero-order valence-corrected chi connectivity index (χ0v) is 18.9. The average molecular weight is 490 g/mol. The van der Waals surface area contributed by atoms with Gasteiger partial charge in [0.2, 0.25) is 11.8 Å². The van der Waals surface area contributed by atoms with Gasteiger partial charge in [-0.1, -0.05) is 12.1 Å². The van der Waals surface area contributed by atoms with E-state index in [0.29, 0.717) is 36.4 Å². The molecule has 8 nitrogen and oxygen atoms in total. The van der Waals surface area contributed by atoms with E-state index in [0.717, 1.165) is 14.2 Å². The molecular weight excluding hydrogens is 470 g/mol. The molecule has 3 aromatic heterocycles. The predicted octanol–water partition coefficient (Wildman–Crippen LogP) is 2.49. The average Bonchev–Trinajstić information content (AvgIpc) is 3.15. The van der Waals surface area contributed by atoms with E-state index in [1.165, 1.54) is 0 Å². The second-order valence-corrected chi connectivity index (χ2v) is 9.34. The molecule has 10 heteroatoms. The fraction of sp³-hybridized carbons (Fsp3) is 0.300. The molecule has 0 unspecified atom stereocenters. The molecule has 0 saturated heterocycles. The van der Waals surface area contributed by atoms with Gasteiger partial charge in [-0.15, -0.1) is 11.3 Å². The lowest BCUT2D eigenvalue weighted by atomic mass is 10.0. The Morgan fingerprint density at radius 3 is 2.77 bits per heavy atom. The van der Waals surface area contributed by atoms with Crippen molar-refractivity contribution in [3.05, 3.63) is 67.1 Å². The summed E-state index contributed by atoms with van der Waals surface area (Å²) in [5.74, 6) is 1.38. The first kappa shape index (κ1) is 20.7. The van der Waals surface area contributed by atoms with E-state index in [1.54, 1.807) is 40.9 Å². The summed E-state index contributed by atoms with van der Waals surface area (Å²) in [6, 6.07) is 9.34. The van der Waals surface area contributed by atoms with Gasteiger partial charge in [0, 0.05) is 23.1 Å². The largest absolute Gasteiger partial charge is 0.481 e. The third kappa shape index (κ3) is 4.30. The van der Waals surface area contributed by atoms with Crippen LogP contribution in [0.2, 0.25) is 0 Å². The molecular formula is C20H20BrN5O3S. The van der Waals surface area contributed by atoms with Crippen LogP contribution in [0, 0.1) is 6.92 Å². The van der Waals surface area contributed by atoms with Crippen molar-refractivity contribution in [1.82, 2.24) is 19.5 Å². The molecule has 0 spiro atoms. The zero-order valence-electron chi connectivity index (χ0n) is 16.4. The van der Waals surface area contributed by atoms with E-state index in [2.05, 4.69) is 30.9 Å². The number of nitrogens with zero attached hydrogens (tertiary/aromatic N) is 5. The van der Waals surface area contributed by atoms with Crippen LogP contribution < -0.4 is 15.3 Å². The number of ether oxygens (including phenoxy) is 1. The highest BCUT2D eigenvalue weighted by atomic mass is 79.9. The summed E-state index contributed by atoms with van der Waals surface area (Å²) >= 11 is 5.00. The first-order valence-corrected chi connectivity index (χ1v) is 10.9. The van der Waals surface area contributed by atoms with Crippen LogP contribution in [0.3, 0.4) is 0 Å². The minimum absolute atomic E-state index is 0.269. The van der Waals surface area contributed by atoms with Crippen LogP contribution in [0.4, 0.5) is 5.95 Å². The fourth-order valence-electron chi connectivity index (χ4n) is 3.28. The van der Waals surface area contributed by atoms with Gasteiger partial charge in [-0.05, 0) is 41.1 Å². The van der Waals surface area contributed by atoms with Crippen LogP contribution >= 0.6 is 27.3 Å². The van der Waals surface area contributed by atoms with Crippen molar-refractivity contribution in [1.29, 1.82) is 0 Å². The van der Waals surface area contributed by atoms with Gasteiger partial charge in [0.15, 0.2) is 0 Å². The van der Waals surface area contributed by atoms with Crippen molar-refractivity contribution in [2.24, 2.45) is 0 Å². The molecule has 1 N–H and O–H groups in total. The number of methoxy groups -OCH3 is 1. The summed E-state index contributed by atoms with van der Waals surface area (Å²) in [5, 5.41) is 10.7. The molecule has 4 rings (SSSR count). The smallest absolute Gasteiger partial charge is 0.352 e. The summed E-state index contributed by atoms with van der Waals surface area (Å²) < 4.78 is 7.72. The van der Waals surface area contributed by atoms with Crippen molar-refractivity contribution in [3.8, 4) is 5.88 Å². The lowest BCUT2D eigenvalue weighted by Gasteiger charge is -2.30. The Labute approximate surface area is 185 Å². The molecule has 0 saturated carbocycles. The highest BCUT2D eigenvalue weighted by Crippen LogP contribution is 2.25. The van der Waals surface area contributed by atoms with Crippen LogP contribution in [-0.4, -0.2) is 50.9 Å².